The van der Waals surface area contributed by atoms with Gasteiger partial charge in [0, 0.05) is 0 Å². The molecule has 1 unspecified atom stereocenters. The summed E-state index contributed by atoms with van der Waals surface area (Å²) in [6.07, 6.45) is 0.729. The van der Waals surface area contributed by atoms with E-state index in [1.54, 1.807) is 6.66 Å². The zero-order valence-electron chi connectivity index (χ0n) is 5.42. The molecular formula is C4H11NO2P+. The van der Waals surface area contributed by atoms with Crippen LogP contribution in [0.3, 0.4) is 0 Å². The van der Waals surface area contributed by atoms with Crippen LogP contribution in [0.1, 0.15) is 6.92 Å². The molecule has 3 nitrogen and oxygen atoms in total. The summed E-state index contributed by atoms with van der Waals surface area (Å²) in [5, 5.41) is 0. The maximum Gasteiger partial charge on any atom is 0.305 e. The quantitative estimate of drug-likeness (QED) is 0.439. The van der Waals surface area contributed by atoms with Gasteiger partial charge < -0.3 is 0 Å². The van der Waals surface area contributed by atoms with E-state index in [0.717, 1.165) is 6.16 Å². The topological polar surface area (TPSA) is 38.7 Å². The van der Waals surface area contributed by atoms with E-state index in [9.17, 15) is 4.91 Å². The van der Waals surface area contributed by atoms with Gasteiger partial charge in [0.2, 0.25) is 0 Å². The van der Waals surface area contributed by atoms with Gasteiger partial charge in [0.1, 0.15) is 17.8 Å². The minimum atomic E-state index is -1.84. The van der Waals surface area contributed by atoms with Crippen LogP contribution in [0.4, 0.5) is 0 Å². The zero-order valence-corrected chi connectivity index (χ0v) is 6.31. The van der Waals surface area contributed by atoms with E-state index in [-0.39, 0.29) is 0 Å². The highest BCUT2D eigenvalue weighted by Crippen LogP contribution is 2.56. The highest BCUT2D eigenvalue weighted by Gasteiger charge is 2.31. The zero-order chi connectivity index (χ0) is 6.62. The second kappa shape index (κ2) is 3.10. The monoisotopic (exact) mass is 136 g/mol. The summed E-state index contributed by atoms with van der Waals surface area (Å²) >= 11 is 0. The lowest BCUT2D eigenvalue weighted by molar-refractivity contribution is 0.449. The maximum atomic E-state index is 9.96. The molecule has 0 N–H and O–H groups in total. The van der Waals surface area contributed by atoms with E-state index in [1.165, 1.54) is 7.11 Å². The number of nitroso groups, excluding NO2 is 1. The summed E-state index contributed by atoms with van der Waals surface area (Å²) in [5.74, 6) is 0. The molecule has 0 aliphatic carbocycles. The highest BCUT2D eigenvalue weighted by atomic mass is 31.2. The van der Waals surface area contributed by atoms with Crippen molar-refractivity contribution in [3.8, 4) is 0 Å². The van der Waals surface area contributed by atoms with Gasteiger partial charge in [0.05, 0.1) is 7.11 Å². The molecule has 4 heteroatoms. The minimum absolute atomic E-state index is 0.729. The van der Waals surface area contributed by atoms with Crippen molar-refractivity contribution >= 4 is 7.64 Å². The summed E-state index contributed by atoms with van der Waals surface area (Å²) in [4.78, 5) is 12.9. The standard InChI is InChI=1S/C4H11NO2P/c1-4-8(3,5-6)7-2/h4H2,1-3H3/q+1. The van der Waals surface area contributed by atoms with Gasteiger partial charge in [0.25, 0.3) is 0 Å². The van der Waals surface area contributed by atoms with E-state index in [4.69, 9.17) is 4.52 Å². The Balaban J connectivity index is 3.76. The normalized spacial score (nSPS) is 17.4. The average Bonchev–Trinajstić information content (AvgIpc) is 1.87. The van der Waals surface area contributed by atoms with Crippen LogP contribution in [0.2, 0.25) is 0 Å². The van der Waals surface area contributed by atoms with Crippen molar-refractivity contribution < 1.29 is 4.52 Å². The molecule has 0 bridgehead atoms. The average molecular weight is 136 g/mol. The Morgan fingerprint density at radius 2 is 2.25 bits per heavy atom. The van der Waals surface area contributed by atoms with Crippen molar-refractivity contribution in [2.75, 3.05) is 19.9 Å². The van der Waals surface area contributed by atoms with Crippen molar-refractivity contribution in [2.24, 2.45) is 4.95 Å². The first-order valence-electron chi connectivity index (χ1n) is 2.44. The first-order chi connectivity index (χ1) is 3.68. The van der Waals surface area contributed by atoms with E-state index >= 15 is 0 Å². The summed E-state index contributed by atoms with van der Waals surface area (Å²) in [6.45, 7) is 3.67. The van der Waals surface area contributed by atoms with Gasteiger partial charge in [-0.05, 0) is 6.92 Å². The maximum absolute atomic E-state index is 9.96. The lowest BCUT2D eigenvalue weighted by atomic mass is 11.0. The Bertz CT molecular complexity index is 82.1. The molecule has 0 aromatic carbocycles. The highest BCUT2D eigenvalue weighted by molar-refractivity contribution is 7.69. The van der Waals surface area contributed by atoms with Crippen LogP contribution in [0.5, 0.6) is 0 Å². The van der Waals surface area contributed by atoms with Crippen LogP contribution >= 0.6 is 7.64 Å². The predicted molar refractivity (Wildman–Crippen MR) is 36.2 cm³/mol. The van der Waals surface area contributed by atoms with Crippen molar-refractivity contribution in [3.63, 3.8) is 0 Å². The Morgan fingerprint density at radius 3 is 2.25 bits per heavy atom. The molecule has 0 aromatic rings. The fourth-order valence-corrected chi connectivity index (χ4v) is 0.661. The molecule has 0 radical (unpaired) electrons. The van der Waals surface area contributed by atoms with Gasteiger partial charge in [-0.2, -0.15) is 0 Å². The molecule has 0 heterocycles. The third-order valence-corrected chi connectivity index (χ3v) is 3.46. The van der Waals surface area contributed by atoms with Crippen molar-refractivity contribution in [1.29, 1.82) is 0 Å². The van der Waals surface area contributed by atoms with E-state index in [1.807, 2.05) is 6.92 Å². The Morgan fingerprint density at radius 1 is 1.75 bits per heavy atom. The summed E-state index contributed by atoms with van der Waals surface area (Å²) in [5.41, 5.74) is 0. The Hall–Kier alpha value is -0.0100. The van der Waals surface area contributed by atoms with Crippen LogP contribution in [0, 0.1) is 4.91 Å². The van der Waals surface area contributed by atoms with Gasteiger partial charge in [0.15, 0.2) is 0 Å². The van der Waals surface area contributed by atoms with Gasteiger partial charge in [-0.15, -0.1) is 4.91 Å². The Kier molecular flexibility index (Phi) is 3.10. The van der Waals surface area contributed by atoms with Crippen LogP contribution in [-0.4, -0.2) is 19.9 Å². The first kappa shape index (κ1) is 7.99. The molecule has 0 spiro atoms. The first-order valence-corrected chi connectivity index (χ1v) is 4.74. The van der Waals surface area contributed by atoms with E-state index < -0.39 is 7.64 Å². The number of hydrogen-bond acceptors (Lipinski definition) is 3. The largest absolute Gasteiger partial charge is 0.305 e. The summed E-state index contributed by atoms with van der Waals surface area (Å²) < 4.78 is 4.87. The molecule has 1 atom stereocenters. The summed E-state index contributed by atoms with van der Waals surface area (Å²) in [7, 11) is -0.316. The summed E-state index contributed by atoms with van der Waals surface area (Å²) in [6, 6.07) is 0. The molecule has 0 aliphatic heterocycles. The SMILES string of the molecule is CC[P+](C)(N=O)OC. The van der Waals surface area contributed by atoms with Gasteiger partial charge >= 0.3 is 7.64 Å². The molecule has 0 aliphatic rings. The Labute approximate surface area is 49.9 Å². The molecule has 48 valence electrons. The molecule has 0 amide bonds. The van der Waals surface area contributed by atoms with Crippen LogP contribution in [0.15, 0.2) is 4.95 Å². The molecule has 0 saturated carbocycles. The molecule has 0 saturated heterocycles. The second-order valence-electron chi connectivity index (χ2n) is 1.63. The van der Waals surface area contributed by atoms with Crippen LogP contribution in [-0.2, 0) is 4.52 Å². The third-order valence-electron chi connectivity index (χ3n) is 1.15. The number of nitrogens with zero attached hydrogens (tertiary/aromatic N) is 1. The molecule has 0 aromatic heterocycles. The van der Waals surface area contributed by atoms with Crippen LogP contribution in [0.25, 0.3) is 0 Å². The third kappa shape index (κ3) is 1.85. The second-order valence-corrected chi connectivity index (χ2v) is 4.89. The fourth-order valence-electron chi connectivity index (χ4n) is 0.220. The fraction of sp³-hybridized carbons (Fsp3) is 1.00. The molecular weight excluding hydrogens is 125 g/mol. The lowest BCUT2D eigenvalue weighted by Gasteiger charge is -2.03. The molecule has 0 fully saturated rings. The molecule has 8 heavy (non-hydrogen) atoms. The number of hydrogen-bond donors (Lipinski definition) is 0. The van der Waals surface area contributed by atoms with Gasteiger partial charge in [-0.25, -0.2) is 4.52 Å². The smallest absolute Gasteiger partial charge is 0.211 e. The molecule has 0 rings (SSSR count). The number of rotatable bonds is 3. The minimum Gasteiger partial charge on any atom is -0.211 e. The lowest BCUT2D eigenvalue weighted by Crippen LogP contribution is -1.90. The van der Waals surface area contributed by atoms with Crippen molar-refractivity contribution in [1.82, 2.24) is 0 Å². The van der Waals surface area contributed by atoms with Crippen LogP contribution < -0.4 is 0 Å². The van der Waals surface area contributed by atoms with Gasteiger partial charge in [-0.1, -0.05) is 0 Å². The van der Waals surface area contributed by atoms with Crippen molar-refractivity contribution in [3.05, 3.63) is 4.91 Å². The van der Waals surface area contributed by atoms with E-state index in [0.29, 0.717) is 0 Å². The van der Waals surface area contributed by atoms with Gasteiger partial charge in [-0.3, -0.25) is 0 Å². The van der Waals surface area contributed by atoms with E-state index in [2.05, 4.69) is 4.95 Å². The van der Waals surface area contributed by atoms with Crippen molar-refractivity contribution in [2.45, 2.75) is 6.92 Å². The predicted octanol–water partition coefficient (Wildman–Crippen LogP) is 1.90.